The third-order valence-corrected chi connectivity index (χ3v) is 5.16. The average Bonchev–Trinajstić information content (AvgIpc) is 3.42. The summed E-state index contributed by atoms with van der Waals surface area (Å²) in [6.07, 6.45) is -1.67. The number of carbonyl (C=O) groups is 1. The zero-order valence-corrected chi connectivity index (χ0v) is 18.0. The largest absolute Gasteiger partial charge is 0.416 e. The Morgan fingerprint density at radius 1 is 0.971 bits per heavy atom. The number of aromatic nitrogens is 6. The lowest BCUT2D eigenvalue weighted by Gasteiger charge is -2.10. The molecule has 0 aliphatic rings. The third-order valence-electron chi connectivity index (χ3n) is 5.16. The van der Waals surface area contributed by atoms with Gasteiger partial charge in [-0.1, -0.05) is 0 Å². The first-order chi connectivity index (χ1) is 16.7. The minimum atomic E-state index is -4.50. The lowest BCUT2D eigenvalue weighted by molar-refractivity contribution is -0.137. The topological polar surface area (TPSA) is 90.5 Å². The van der Waals surface area contributed by atoms with E-state index in [2.05, 4.69) is 25.5 Å². The third kappa shape index (κ3) is 4.21. The molecular formula is C23H15F4N7O. The molecular weight excluding hydrogens is 466 g/mol. The van der Waals surface area contributed by atoms with Gasteiger partial charge in [0.25, 0.3) is 5.91 Å². The van der Waals surface area contributed by atoms with Gasteiger partial charge in [-0.2, -0.15) is 28.1 Å². The van der Waals surface area contributed by atoms with E-state index >= 15 is 0 Å². The summed E-state index contributed by atoms with van der Waals surface area (Å²) in [5.74, 6) is -0.436. The van der Waals surface area contributed by atoms with E-state index in [9.17, 15) is 22.4 Å². The second-order valence-corrected chi connectivity index (χ2v) is 7.58. The van der Waals surface area contributed by atoms with Crippen LogP contribution in [-0.4, -0.2) is 35.4 Å². The molecule has 0 bridgehead atoms. The molecule has 1 amide bonds. The van der Waals surface area contributed by atoms with Crippen molar-refractivity contribution in [2.45, 2.75) is 13.1 Å². The highest BCUT2D eigenvalue weighted by atomic mass is 19.4. The van der Waals surface area contributed by atoms with Crippen LogP contribution in [0.2, 0.25) is 0 Å². The van der Waals surface area contributed by atoms with Gasteiger partial charge in [0.15, 0.2) is 11.5 Å². The van der Waals surface area contributed by atoms with E-state index in [4.69, 9.17) is 0 Å². The molecule has 35 heavy (non-hydrogen) atoms. The van der Waals surface area contributed by atoms with Crippen LogP contribution in [-0.2, 0) is 6.18 Å². The van der Waals surface area contributed by atoms with Crippen molar-refractivity contribution >= 4 is 22.8 Å². The van der Waals surface area contributed by atoms with E-state index in [0.29, 0.717) is 28.2 Å². The summed E-state index contributed by atoms with van der Waals surface area (Å²) in [5.41, 5.74) is 0.760. The van der Waals surface area contributed by atoms with Gasteiger partial charge < -0.3 is 5.32 Å². The predicted octanol–water partition coefficient (Wildman–Crippen LogP) is 4.72. The van der Waals surface area contributed by atoms with Crippen molar-refractivity contribution in [1.82, 2.24) is 29.5 Å². The van der Waals surface area contributed by atoms with Crippen LogP contribution in [0.15, 0.2) is 67.1 Å². The van der Waals surface area contributed by atoms with E-state index in [1.54, 1.807) is 25.1 Å². The molecule has 0 fully saturated rings. The number of benzene rings is 2. The minimum absolute atomic E-state index is 0.0420. The molecule has 176 valence electrons. The monoisotopic (exact) mass is 481 g/mol. The summed E-state index contributed by atoms with van der Waals surface area (Å²) >= 11 is 0. The fourth-order valence-electron chi connectivity index (χ4n) is 3.52. The molecule has 1 N–H and O–H groups in total. The van der Waals surface area contributed by atoms with Crippen LogP contribution in [0.1, 0.15) is 21.6 Å². The number of nitrogens with zero attached hydrogens (tertiary/aromatic N) is 6. The number of nitrogens with one attached hydrogen (secondary N) is 1. The molecule has 8 nitrogen and oxygen atoms in total. The number of halogens is 4. The molecule has 5 aromatic rings. The summed E-state index contributed by atoms with van der Waals surface area (Å²) in [6.45, 7) is 1.71. The Bertz CT molecular complexity index is 1540. The van der Waals surface area contributed by atoms with E-state index in [-0.39, 0.29) is 17.2 Å². The maximum absolute atomic E-state index is 13.3. The second-order valence-electron chi connectivity index (χ2n) is 7.58. The Morgan fingerprint density at radius 3 is 2.37 bits per heavy atom. The Labute approximate surface area is 194 Å². The van der Waals surface area contributed by atoms with Gasteiger partial charge >= 0.3 is 6.18 Å². The average molecular weight is 481 g/mol. The van der Waals surface area contributed by atoms with Crippen LogP contribution < -0.4 is 5.32 Å². The molecule has 0 saturated heterocycles. The SMILES string of the molecule is Cc1cc(NC(=O)c2ccc(C(F)(F)F)cc2)n(-c2ncnc3c2cnn3-c2ccc(F)cc2)n1. The summed E-state index contributed by atoms with van der Waals surface area (Å²) in [4.78, 5) is 21.3. The number of fused-ring (bicyclic) bond motifs is 1. The Balaban J connectivity index is 1.50. The summed E-state index contributed by atoms with van der Waals surface area (Å²) < 4.78 is 54.7. The first-order valence-corrected chi connectivity index (χ1v) is 10.2. The van der Waals surface area contributed by atoms with Crippen molar-refractivity contribution < 1.29 is 22.4 Å². The summed E-state index contributed by atoms with van der Waals surface area (Å²) in [6, 6.07) is 11.2. The first kappa shape index (κ1) is 22.2. The molecule has 0 unspecified atom stereocenters. The normalized spacial score (nSPS) is 11.7. The minimum Gasteiger partial charge on any atom is -0.306 e. The molecule has 0 aliphatic carbocycles. The van der Waals surface area contributed by atoms with Crippen molar-refractivity contribution in [1.29, 1.82) is 0 Å². The summed E-state index contributed by atoms with van der Waals surface area (Å²) in [7, 11) is 0. The number of anilines is 1. The van der Waals surface area contributed by atoms with Crippen LogP contribution in [0.5, 0.6) is 0 Å². The van der Waals surface area contributed by atoms with Crippen molar-refractivity contribution in [2.24, 2.45) is 0 Å². The molecule has 3 aromatic heterocycles. The highest BCUT2D eigenvalue weighted by Crippen LogP contribution is 2.29. The van der Waals surface area contributed by atoms with Gasteiger partial charge in [0, 0.05) is 11.6 Å². The zero-order valence-electron chi connectivity index (χ0n) is 18.0. The van der Waals surface area contributed by atoms with Crippen molar-refractivity contribution in [3.05, 3.63) is 89.8 Å². The number of aryl methyl sites for hydroxylation is 1. The molecule has 5 rings (SSSR count). The maximum atomic E-state index is 13.3. The van der Waals surface area contributed by atoms with Crippen molar-refractivity contribution in [2.75, 3.05) is 5.32 Å². The molecule has 0 radical (unpaired) electrons. The molecule has 3 heterocycles. The zero-order chi connectivity index (χ0) is 24.7. The van der Waals surface area contributed by atoms with Gasteiger partial charge in [-0.25, -0.2) is 19.0 Å². The van der Waals surface area contributed by atoms with E-state index in [1.807, 2.05) is 0 Å². The lowest BCUT2D eigenvalue weighted by atomic mass is 10.1. The number of amides is 1. The van der Waals surface area contributed by atoms with E-state index in [1.165, 1.54) is 34.0 Å². The van der Waals surface area contributed by atoms with Gasteiger partial charge in [0.05, 0.1) is 28.5 Å². The molecule has 12 heteroatoms. The van der Waals surface area contributed by atoms with Gasteiger partial charge in [0.1, 0.15) is 18.0 Å². The number of carbonyl (C=O) groups excluding carboxylic acids is 1. The van der Waals surface area contributed by atoms with Gasteiger partial charge in [-0.15, -0.1) is 0 Å². The highest BCUT2D eigenvalue weighted by molar-refractivity contribution is 6.04. The summed E-state index contributed by atoms with van der Waals surface area (Å²) in [5, 5.41) is 11.9. The number of alkyl halides is 3. The molecule has 2 aromatic carbocycles. The number of hydrogen-bond acceptors (Lipinski definition) is 5. The Hall–Kier alpha value is -4.61. The second kappa shape index (κ2) is 8.31. The Morgan fingerprint density at radius 2 is 1.69 bits per heavy atom. The highest BCUT2D eigenvalue weighted by Gasteiger charge is 2.30. The number of rotatable bonds is 4. The van der Waals surface area contributed by atoms with Crippen molar-refractivity contribution in [3.8, 4) is 11.5 Å². The van der Waals surface area contributed by atoms with Gasteiger partial charge in [-0.05, 0) is 55.5 Å². The molecule has 0 saturated carbocycles. The van der Waals surface area contributed by atoms with Crippen LogP contribution in [0, 0.1) is 12.7 Å². The molecule has 0 spiro atoms. The van der Waals surface area contributed by atoms with Crippen LogP contribution in [0.25, 0.3) is 22.5 Å². The van der Waals surface area contributed by atoms with Crippen LogP contribution in [0.4, 0.5) is 23.4 Å². The van der Waals surface area contributed by atoms with Gasteiger partial charge in [-0.3, -0.25) is 4.79 Å². The van der Waals surface area contributed by atoms with Crippen molar-refractivity contribution in [3.63, 3.8) is 0 Å². The van der Waals surface area contributed by atoms with E-state index in [0.717, 1.165) is 24.3 Å². The predicted molar refractivity (Wildman–Crippen MR) is 118 cm³/mol. The van der Waals surface area contributed by atoms with Gasteiger partial charge in [0.2, 0.25) is 0 Å². The van der Waals surface area contributed by atoms with Crippen LogP contribution in [0.3, 0.4) is 0 Å². The standard InChI is InChI=1S/C23H15F4N7O/c1-13-10-19(31-22(35)14-2-4-15(5-3-14)23(25,26)27)34(32-13)21-18-11-30-33(20(18)28-12-29-21)17-8-6-16(24)7-9-17/h2-12H,1H3,(H,31,35). The molecule has 0 atom stereocenters. The maximum Gasteiger partial charge on any atom is 0.416 e. The van der Waals surface area contributed by atoms with E-state index < -0.39 is 17.6 Å². The number of hydrogen-bond donors (Lipinski definition) is 1. The molecule has 0 aliphatic heterocycles. The fraction of sp³-hybridized carbons (Fsp3) is 0.0870. The first-order valence-electron chi connectivity index (χ1n) is 10.2. The quantitative estimate of drug-likeness (QED) is 0.375. The smallest absolute Gasteiger partial charge is 0.306 e. The lowest BCUT2D eigenvalue weighted by Crippen LogP contribution is -2.16. The Kier molecular flexibility index (Phi) is 5.27. The van der Waals surface area contributed by atoms with Crippen LogP contribution >= 0.6 is 0 Å². The fourth-order valence-corrected chi connectivity index (χ4v) is 3.52.